The van der Waals surface area contributed by atoms with Crippen LogP contribution < -0.4 is 10.5 Å². The van der Waals surface area contributed by atoms with E-state index in [1.165, 1.54) is 12.1 Å². The van der Waals surface area contributed by atoms with Crippen LogP contribution in [0.4, 0.5) is 18.9 Å². The van der Waals surface area contributed by atoms with Crippen LogP contribution in [0.15, 0.2) is 36.5 Å². The number of anilines is 1. The third-order valence-corrected chi connectivity index (χ3v) is 2.56. The SMILES string of the molecule is Cc1ncccc1-c1ccc(N)c(OC(F)(F)F)c1. The molecule has 1 aromatic carbocycles. The summed E-state index contributed by atoms with van der Waals surface area (Å²) >= 11 is 0. The van der Waals surface area contributed by atoms with Crippen LogP contribution in [0.5, 0.6) is 5.75 Å². The number of aromatic nitrogens is 1. The fourth-order valence-electron chi connectivity index (χ4n) is 1.70. The van der Waals surface area contributed by atoms with E-state index in [9.17, 15) is 13.2 Å². The maximum atomic E-state index is 12.2. The predicted octanol–water partition coefficient (Wildman–Crippen LogP) is 3.54. The Balaban J connectivity index is 2.44. The van der Waals surface area contributed by atoms with Crippen LogP contribution in [0.2, 0.25) is 0 Å². The van der Waals surface area contributed by atoms with Gasteiger partial charge in [-0.15, -0.1) is 13.2 Å². The second-order valence-corrected chi connectivity index (χ2v) is 3.94. The zero-order chi connectivity index (χ0) is 14.0. The van der Waals surface area contributed by atoms with Crippen molar-refractivity contribution in [2.75, 3.05) is 5.73 Å². The van der Waals surface area contributed by atoms with Gasteiger partial charge in [-0.3, -0.25) is 4.98 Å². The number of nitrogens with two attached hydrogens (primary N) is 1. The molecule has 0 fully saturated rings. The van der Waals surface area contributed by atoms with Crippen LogP contribution in [-0.4, -0.2) is 11.3 Å². The highest BCUT2D eigenvalue weighted by Gasteiger charge is 2.32. The smallest absolute Gasteiger partial charge is 0.404 e. The molecule has 0 aliphatic carbocycles. The number of hydrogen-bond acceptors (Lipinski definition) is 3. The van der Waals surface area contributed by atoms with Crippen molar-refractivity contribution in [3.63, 3.8) is 0 Å². The molecular weight excluding hydrogens is 257 g/mol. The molecule has 2 rings (SSSR count). The minimum atomic E-state index is -4.77. The molecule has 0 atom stereocenters. The summed E-state index contributed by atoms with van der Waals surface area (Å²) in [5.41, 5.74) is 7.42. The normalized spacial score (nSPS) is 11.4. The lowest BCUT2D eigenvalue weighted by molar-refractivity contribution is -0.274. The van der Waals surface area contributed by atoms with E-state index in [4.69, 9.17) is 5.73 Å². The van der Waals surface area contributed by atoms with Gasteiger partial charge in [0.15, 0.2) is 5.75 Å². The van der Waals surface area contributed by atoms with E-state index in [2.05, 4.69) is 9.72 Å². The molecular formula is C13H11F3N2O. The number of pyridine rings is 1. The molecule has 0 amide bonds. The van der Waals surface area contributed by atoms with Gasteiger partial charge in [0, 0.05) is 17.5 Å². The summed E-state index contributed by atoms with van der Waals surface area (Å²) in [7, 11) is 0. The summed E-state index contributed by atoms with van der Waals surface area (Å²) in [6.45, 7) is 1.77. The number of ether oxygens (including phenoxy) is 1. The summed E-state index contributed by atoms with van der Waals surface area (Å²) in [4.78, 5) is 4.09. The minimum Gasteiger partial charge on any atom is -0.404 e. The van der Waals surface area contributed by atoms with Crippen molar-refractivity contribution in [1.29, 1.82) is 0 Å². The average molecular weight is 268 g/mol. The Kier molecular flexibility index (Phi) is 3.33. The van der Waals surface area contributed by atoms with E-state index in [1.807, 2.05) is 0 Å². The molecule has 0 bridgehead atoms. The number of nitrogen functional groups attached to an aromatic ring is 1. The number of nitrogens with zero attached hydrogens (tertiary/aromatic N) is 1. The van der Waals surface area contributed by atoms with E-state index in [1.54, 1.807) is 31.3 Å². The van der Waals surface area contributed by atoms with Crippen LogP contribution in [-0.2, 0) is 0 Å². The van der Waals surface area contributed by atoms with Crippen molar-refractivity contribution >= 4 is 5.69 Å². The topological polar surface area (TPSA) is 48.1 Å². The first kappa shape index (κ1) is 13.2. The van der Waals surface area contributed by atoms with E-state index >= 15 is 0 Å². The number of alkyl halides is 3. The van der Waals surface area contributed by atoms with E-state index in [0.717, 1.165) is 5.56 Å². The zero-order valence-electron chi connectivity index (χ0n) is 10.0. The lowest BCUT2D eigenvalue weighted by Gasteiger charge is -2.13. The molecule has 1 heterocycles. The lowest BCUT2D eigenvalue weighted by atomic mass is 10.0. The van der Waals surface area contributed by atoms with E-state index < -0.39 is 12.1 Å². The van der Waals surface area contributed by atoms with Gasteiger partial charge in [-0.1, -0.05) is 12.1 Å². The fourth-order valence-corrected chi connectivity index (χ4v) is 1.70. The van der Waals surface area contributed by atoms with Crippen LogP contribution in [0, 0.1) is 6.92 Å². The largest absolute Gasteiger partial charge is 0.573 e. The third-order valence-electron chi connectivity index (χ3n) is 2.56. The number of halogens is 3. The molecule has 2 aromatic rings. The number of hydrogen-bond donors (Lipinski definition) is 1. The summed E-state index contributed by atoms with van der Waals surface area (Å²) in [6.07, 6.45) is -3.15. The first-order valence-corrected chi connectivity index (χ1v) is 5.44. The highest BCUT2D eigenvalue weighted by atomic mass is 19.4. The van der Waals surface area contributed by atoms with Gasteiger partial charge in [-0.05, 0) is 30.7 Å². The Morgan fingerprint density at radius 2 is 1.95 bits per heavy atom. The van der Waals surface area contributed by atoms with Gasteiger partial charge in [0.05, 0.1) is 5.69 Å². The van der Waals surface area contributed by atoms with Gasteiger partial charge in [0.2, 0.25) is 0 Å². The van der Waals surface area contributed by atoms with Crippen LogP contribution >= 0.6 is 0 Å². The van der Waals surface area contributed by atoms with E-state index in [0.29, 0.717) is 11.3 Å². The Bertz CT molecular complexity index is 597. The van der Waals surface area contributed by atoms with Crippen molar-refractivity contribution in [3.8, 4) is 16.9 Å². The van der Waals surface area contributed by atoms with Crippen molar-refractivity contribution < 1.29 is 17.9 Å². The Labute approximate surface area is 107 Å². The third kappa shape index (κ3) is 3.15. The summed E-state index contributed by atoms with van der Waals surface area (Å²) in [5.74, 6) is -0.409. The molecule has 0 unspecified atom stereocenters. The maximum absolute atomic E-state index is 12.2. The minimum absolute atomic E-state index is 0.0670. The molecule has 2 N–H and O–H groups in total. The first-order chi connectivity index (χ1) is 8.87. The van der Waals surface area contributed by atoms with Crippen molar-refractivity contribution in [2.24, 2.45) is 0 Å². The molecule has 0 radical (unpaired) electrons. The Morgan fingerprint density at radius 3 is 2.58 bits per heavy atom. The highest BCUT2D eigenvalue weighted by molar-refractivity contribution is 5.71. The average Bonchev–Trinajstić information content (AvgIpc) is 2.31. The molecule has 0 saturated heterocycles. The molecule has 100 valence electrons. The monoisotopic (exact) mass is 268 g/mol. The first-order valence-electron chi connectivity index (χ1n) is 5.44. The fraction of sp³-hybridized carbons (Fsp3) is 0.154. The second-order valence-electron chi connectivity index (χ2n) is 3.94. The standard InChI is InChI=1S/C13H11F3N2O/c1-8-10(3-2-6-18-8)9-4-5-11(17)12(7-9)19-13(14,15)16/h2-7H,17H2,1H3. The molecule has 19 heavy (non-hydrogen) atoms. The van der Waals surface area contributed by atoms with Gasteiger partial charge in [0.1, 0.15) is 0 Å². The van der Waals surface area contributed by atoms with Crippen LogP contribution in [0.1, 0.15) is 5.69 Å². The van der Waals surface area contributed by atoms with Crippen LogP contribution in [0.25, 0.3) is 11.1 Å². The van der Waals surface area contributed by atoms with Crippen molar-refractivity contribution in [3.05, 3.63) is 42.2 Å². The van der Waals surface area contributed by atoms with E-state index in [-0.39, 0.29) is 5.69 Å². The Hall–Kier alpha value is -2.24. The molecule has 1 aromatic heterocycles. The maximum Gasteiger partial charge on any atom is 0.573 e. The number of benzene rings is 1. The predicted molar refractivity (Wildman–Crippen MR) is 65.5 cm³/mol. The molecule has 0 saturated carbocycles. The van der Waals surface area contributed by atoms with Gasteiger partial charge in [-0.25, -0.2) is 0 Å². The molecule has 6 heteroatoms. The summed E-state index contributed by atoms with van der Waals surface area (Å²) in [5, 5.41) is 0. The quantitative estimate of drug-likeness (QED) is 0.847. The van der Waals surface area contributed by atoms with Gasteiger partial charge >= 0.3 is 6.36 Å². The lowest BCUT2D eigenvalue weighted by Crippen LogP contribution is -2.18. The van der Waals surface area contributed by atoms with Crippen molar-refractivity contribution in [2.45, 2.75) is 13.3 Å². The number of rotatable bonds is 2. The molecule has 0 aliphatic rings. The number of aryl methyl sites for hydroxylation is 1. The van der Waals surface area contributed by atoms with Crippen LogP contribution in [0.3, 0.4) is 0 Å². The Morgan fingerprint density at radius 1 is 1.21 bits per heavy atom. The molecule has 3 nitrogen and oxygen atoms in total. The zero-order valence-corrected chi connectivity index (χ0v) is 10.0. The van der Waals surface area contributed by atoms with Gasteiger partial charge in [-0.2, -0.15) is 0 Å². The summed E-state index contributed by atoms with van der Waals surface area (Å²) < 4.78 is 40.6. The summed E-state index contributed by atoms with van der Waals surface area (Å²) in [6, 6.07) is 7.74. The molecule has 0 spiro atoms. The van der Waals surface area contributed by atoms with Gasteiger partial charge in [0.25, 0.3) is 0 Å². The van der Waals surface area contributed by atoms with Crippen molar-refractivity contribution in [1.82, 2.24) is 4.98 Å². The molecule has 0 aliphatic heterocycles. The van der Waals surface area contributed by atoms with Gasteiger partial charge < -0.3 is 10.5 Å². The highest BCUT2D eigenvalue weighted by Crippen LogP contribution is 2.33. The second kappa shape index (κ2) is 4.79.